The monoisotopic (exact) mass is 303 g/mol. The molecule has 0 amide bonds. The topological polar surface area (TPSA) is 73.9 Å². The van der Waals surface area contributed by atoms with Crippen molar-refractivity contribution < 1.29 is 22.6 Å². The van der Waals surface area contributed by atoms with Gasteiger partial charge in [0.25, 0.3) is 0 Å². The van der Waals surface area contributed by atoms with Gasteiger partial charge in [0.15, 0.2) is 11.5 Å². The largest absolute Gasteiger partial charge is 0.493 e. The Morgan fingerprint density at radius 3 is 2.00 bits per heavy atom. The Morgan fingerprint density at radius 2 is 1.60 bits per heavy atom. The number of sulfonamides is 1. The first-order valence-corrected chi connectivity index (χ1v) is 7.93. The van der Waals surface area contributed by atoms with E-state index in [1.807, 2.05) is 6.92 Å². The molecule has 6 nitrogen and oxygen atoms in total. The molecule has 0 atom stereocenters. The number of nitrogens with one attached hydrogen (secondary N) is 1. The van der Waals surface area contributed by atoms with Gasteiger partial charge in [-0.05, 0) is 6.42 Å². The molecule has 1 rings (SSSR count). The van der Waals surface area contributed by atoms with Gasteiger partial charge in [0.1, 0.15) is 0 Å². The minimum atomic E-state index is -3.37. The molecule has 0 spiro atoms. The van der Waals surface area contributed by atoms with Gasteiger partial charge in [-0.2, -0.15) is 0 Å². The van der Waals surface area contributed by atoms with Gasteiger partial charge in [0.05, 0.1) is 32.8 Å². The first-order chi connectivity index (χ1) is 9.47. The zero-order valence-corrected chi connectivity index (χ0v) is 13.0. The van der Waals surface area contributed by atoms with Crippen LogP contribution >= 0.6 is 0 Å². The highest BCUT2D eigenvalue weighted by molar-refractivity contribution is 7.92. The lowest BCUT2D eigenvalue weighted by atomic mass is 10.2. The highest BCUT2D eigenvalue weighted by Gasteiger charge is 2.16. The number of anilines is 1. The molecular formula is C13H21NO5S. The molecule has 0 unspecified atom stereocenters. The van der Waals surface area contributed by atoms with Crippen LogP contribution in [0.4, 0.5) is 5.69 Å². The number of methoxy groups -OCH3 is 3. The van der Waals surface area contributed by atoms with Crippen molar-refractivity contribution >= 4 is 15.7 Å². The van der Waals surface area contributed by atoms with E-state index in [9.17, 15) is 8.42 Å². The number of unbranched alkanes of at least 4 members (excludes halogenated alkanes) is 1. The highest BCUT2D eigenvalue weighted by atomic mass is 32.2. The Kier molecular flexibility index (Phi) is 5.94. The van der Waals surface area contributed by atoms with Crippen molar-refractivity contribution in [2.45, 2.75) is 19.8 Å². The molecule has 0 fully saturated rings. The van der Waals surface area contributed by atoms with Gasteiger partial charge in [-0.3, -0.25) is 4.72 Å². The normalized spacial score (nSPS) is 11.0. The quantitative estimate of drug-likeness (QED) is 0.797. The van der Waals surface area contributed by atoms with E-state index in [0.717, 1.165) is 6.42 Å². The molecule has 0 saturated heterocycles. The SMILES string of the molecule is CCCCS(=O)(=O)Nc1cc(OC)c(OC)c(OC)c1. The van der Waals surface area contributed by atoms with Crippen LogP contribution in [0.3, 0.4) is 0 Å². The van der Waals surface area contributed by atoms with E-state index in [-0.39, 0.29) is 5.75 Å². The van der Waals surface area contributed by atoms with Crippen LogP contribution in [-0.4, -0.2) is 35.5 Å². The Bertz CT molecular complexity index is 517. The number of hydrogen-bond acceptors (Lipinski definition) is 5. The Hall–Kier alpha value is -1.63. The molecule has 1 aromatic carbocycles. The third-order valence-corrected chi connectivity index (χ3v) is 4.08. The van der Waals surface area contributed by atoms with Crippen molar-refractivity contribution in [1.82, 2.24) is 0 Å². The fourth-order valence-corrected chi connectivity index (χ4v) is 2.95. The molecule has 0 bridgehead atoms. The van der Waals surface area contributed by atoms with E-state index >= 15 is 0 Å². The molecule has 1 N–H and O–H groups in total. The van der Waals surface area contributed by atoms with E-state index < -0.39 is 10.0 Å². The number of hydrogen-bond donors (Lipinski definition) is 1. The van der Waals surface area contributed by atoms with Crippen molar-refractivity contribution in [2.75, 3.05) is 31.8 Å². The second kappa shape index (κ2) is 7.23. The minimum Gasteiger partial charge on any atom is -0.493 e. The molecule has 0 aliphatic carbocycles. The lowest BCUT2D eigenvalue weighted by Crippen LogP contribution is -2.16. The average Bonchev–Trinajstić information content (AvgIpc) is 2.43. The van der Waals surface area contributed by atoms with Gasteiger partial charge in [-0.25, -0.2) is 8.42 Å². The van der Waals surface area contributed by atoms with Crippen LogP contribution in [0.15, 0.2) is 12.1 Å². The minimum absolute atomic E-state index is 0.0835. The van der Waals surface area contributed by atoms with Crippen molar-refractivity contribution in [3.8, 4) is 17.2 Å². The van der Waals surface area contributed by atoms with Crippen LogP contribution in [-0.2, 0) is 10.0 Å². The molecule has 0 aromatic heterocycles. The molecule has 0 radical (unpaired) electrons. The Morgan fingerprint density at radius 1 is 1.05 bits per heavy atom. The summed E-state index contributed by atoms with van der Waals surface area (Å²) in [4.78, 5) is 0. The third-order valence-electron chi connectivity index (χ3n) is 2.70. The smallest absolute Gasteiger partial charge is 0.232 e. The van der Waals surface area contributed by atoms with Crippen LogP contribution in [0.1, 0.15) is 19.8 Å². The highest BCUT2D eigenvalue weighted by Crippen LogP contribution is 2.40. The Balaban J connectivity index is 3.08. The number of rotatable bonds is 8. The van der Waals surface area contributed by atoms with E-state index in [2.05, 4.69) is 4.72 Å². The zero-order chi connectivity index (χ0) is 15.2. The van der Waals surface area contributed by atoms with E-state index in [0.29, 0.717) is 29.4 Å². The summed E-state index contributed by atoms with van der Waals surface area (Å²) < 4.78 is 41.8. The van der Waals surface area contributed by atoms with Crippen molar-refractivity contribution in [3.63, 3.8) is 0 Å². The fraction of sp³-hybridized carbons (Fsp3) is 0.538. The fourth-order valence-electron chi connectivity index (χ4n) is 1.70. The number of ether oxygens (including phenoxy) is 3. The predicted molar refractivity (Wildman–Crippen MR) is 78.4 cm³/mol. The van der Waals surface area contributed by atoms with Crippen molar-refractivity contribution in [1.29, 1.82) is 0 Å². The summed E-state index contributed by atoms with van der Waals surface area (Å²) in [5, 5.41) is 0. The molecule has 0 aliphatic rings. The first kappa shape index (κ1) is 16.4. The summed E-state index contributed by atoms with van der Waals surface area (Å²) >= 11 is 0. The van der Waals surface area contributed by atoms with Gasteiger partial charge in [-0.1, -0.05) is 13.3 Å². The summed E-state index contributed by atoms with van der Waals surface area (Å²) in [6.45, 7) is 1.94. The molecule has 0 heterocycles. The summed E-state index contributed by atoms with van der Waals surface area (Å²) in [5.74, 6) is 1.31. The van der Waals surface area contributed by atoms with Crippen LogP contribution in [0.2, 0.25) is 0 Å². The van der Waals surface area contributed by atoms with Crippen LogP contribution in [0.5, 0.6) is 17.2 Å². The molecular weight excluding hydrogens is 282 g/mol. The lowest BCUT2D eigenvalue weighted by Gasteiger charge is -2.15. The van der Waals surface area contributed by atoms with Crippen molar-refractivity contribution in [2.24, 2.45) is 0 Å². The summed E-state index contributed by atoms with van der Waals surface area (Å²) in [6, 6.07) is 3.12. The summed E-state index contributed by atoms with van der Waals surface area (Å²) in [6.07, 6.45) is 1.43. The van der Waals surface area contributed by atoms with Gasteiger partial charge in [-0.15, -0.1) is 0 Å². The maximum absolute atomic E-state index is 11.9. The van der Waals surface area contributed by atoms with Crippen LogP contribution < -0.4 is 18.9 Å². The second-order valence-electron chi connectivity index (χ2n) is 4.19. The maximum Gasteiger partial charge on any atom is 0.232 e. The molecule has 0 saturated carbocycles. The van der Waals surface area contributed by atoms with Gasteiger partial charge in [0.2, 0.25) is 15.8 Å². The average molecular weight is 303 g/mol. The van der Waals surface area contributed by atoms with Gasteiger partial charge >= 0.3 is 0 Å². The van der Waals surface area contributed by atoms with Crippen LogP contribution in [0.25, 0.3) is 0 Å². The predicted octanol–water partition coefficient (Wildman–Crippen LogP) is 2.25. The van der Waals surface area contributed by atoms with Gasteiger partial charge < -0.3 is 14.2 Å². The molecule has 20 heavy (non-hydrogen) atoms. The number of benzene rings is 1. The standard InChI is InChI=1S/C13H21NO5S/c1-5-6-7-20(15,16)14-10-8-11(17-2)13(19-4)12(9-10)18-3/h8-9,14H,5-7H2,1-4H3. The molecule has 114 valence electrons. The lowest BCUT2D eigenvalue weighted by molar-refractivity contribution is 0.325. The third kappa shape index (κ3) is 4.19. The summed E-state index contributed by atoms with van der Waals surface area (Å²) in [7, 11) is 1.08. The van der Waals surface area contributed by atoms with Gasteiger partial charge in [0, 0.05) is 12.1 Å². The van der Waals surface area contributed by atoms with E-state index in [4.69, 9.17) is 14.2 Å². The van der Waals surface area contributed by atoms with Crippen molar-refractivity contribution in [3.05, 3.63) is 12.1 Å². The molecule has 7 heteroatoms. The molecule has 0 aliphatic heterocycles. The van der Waals surface area contributed by atoms with Crippen LogP contribution in [0, 0.1) is 0 Å². The first-order valence-electron chi connectivity index (χ1n) is 6.28. The zero-order valence-electron chi connectivity index (χ0n) is 12.2. The second-order valence-corrected chi connectivity index (χ2v) is 6.03. The summed E-state index contributed by atoms with van der Waals surface area (Å²) in [5.41, 5.74) is 0.385. The Labute approximate surface area is 120 Å². The van der Waals surface area contributed by atoms with E-state index in [1.165, 1.54) is 21.3 Å². The maximum atomic E-state index is 11.9. The van der Waals surface area contributed by atoms with E-state index in [1.54, 1.807) is 12.1 Å². The molecule has 1 aromatic rings.